The number of sulfonamides is 1. The zero-order chi connectivity index (χ0) is 18.9. The fourth-order valence-corrected chi connectivity index (χ4v) is 3.84. The maximum Gasteiger partial charge on any atom is 0.337 e. The summed E-state index contributed by atoms with van der Waals surface area (Å²) in [4.78, 5) is 15.2. The minimum Gasteiger partial charge on any atom is -0.478 e. The molecule has 2 aromatic carbocycles. The number of anilines is 1. The fourth-order valence-electron chi connectivity index (χ4n) is 2.44. The van der Waals surface area contributed by atoms with E-state index in [4.69, 9.17) is 11.6 Å². The molecule has 1 heterocycles. The standard InChI is InChI=1S/C17H14ClN3O4S/c1-21-15(10-19-17(21)18)26(24,25)20-14-9-12(7-8-13(14)16(22)23)11-5-3-2-4-6-11/h2-10,20H,1H3,(H,22,23). The van der Waals surface area contributed by atoms with Gasteiger partial charge in [-0.2, -0.15) is 8.42 Å². The molecular weight excluding hydrogens is 378 g/mol. The van der Waals surface area contributed by atoms with Gasteiger partial charge >= 0.3 is 5.97 Å². The number of carboxylic acids is 1. The van der Waals surface area contributed by atoms with Crippen LogP contribution in [0, 0.1) is 0 Å². The van der Waals surface area contributed by atoms with Gasteiger partial charge in [-0.1, -0.05) is 36.4 Å². The quantitative estimate of drug-likeness (QED) is 0.695. The van der Waals surface area contributed by atoms with E-state index in [0.717, 1.165) is 11.8 Å². The molecule has 0 aliphatic heterocycles. The number of imidazole rings is 1. The molecule has 0 unspecified atom stereocenters. The van der Waals surface area contributed by atoms with E-state index < -0.39 is 16.0 Å². The maximum atomic E-state index is 12.6. The van der Waals surface area contributed by atoms with Crippen molar-refractivity contribution < 1.29 is 18.3 Å². The number of rotatable bonds is 5. The number of benzene rings is 2. The van der Waals surface area contributed by atoms with Gasteiger partial charge in [0.2, 0.25) is 5.28 Å². The minimum absolute atomic E-state index is 0.00173. The van der Waals surface area contributed by atoms with Crippen LogP contribution in [0.3, 0.4) is 0 Å². The van der Waals surface area contributed by atoms with E-state index in [-0.39, 0.29) is 21.6 Å². The molecule has 0 radical (unpaired) electrons. The Bertz CT molecular complexity index is 1080. The van der Waals surface area contributed by atoms with Gasteiger partial charge in [0.05, 0.1) is 17.4 Å². The number of hydrogen-bond donors (Lipinski definition) is 2. The largest absolute Gasteiger partial charge is 0.478 e. The summed E-state index contributed by atoms with van der Waals surface area (Å²) in [6.45, 7) is 0. The average molecular weight is 392 g/mol. The van der Waals surface area contributed by atoms with Crippen LogP contribution in [0.5, 0.6) is 0 Å². The van der Waals surface area contributed by atoms with Crippen molar-refractivity contribution in [3.63, 3.8) is 0 Å². The topological polar surface area (TPSA) is 101 Å². The zero-order valence-electron chi connectivity index (χ0n) is 13.5. The first-order valence-corrected chi connectivity index (χ1v) is 9.28. The Hall–Kier alpha value is -2.84. The van der Waals surface area contributed by atoms with Crippen LogP contribution in [-0.2, 0) is 17.1 Å². The number of hydrogen-bond acceptors (Lipinski definition) is 4. The molecule has 0 aliphatic rings. The smallest absolute Gasteiger partial charge is 0.337 e. The van der Waals surface area contributed by atoms with Crippen LogP contribution in [0.4, 0.5) is 5.69 Å². The summed E-state index contributed by atoms with van der Waals surface area (Å²) in [6, 6.07) is 13.7. The SMILES string of the molecule is Cn1c(S(=O)(=O)Nc2cc(-c3ccccc3)ccc2C(=O)O)cnc1Cl. The maximum absolute atomic E-state index is 12.6. The third-order valence-electron chi connectivity index (χ3n) is 3.77. The number of aromatic carboxylic acids is 1. The second-order valence-corrected chi connectivity index (χ2v) is 7.43. The van der Waals surface area contributed by atoms with Crippen molar-refractivity contribution in [1.82, 2.24) is 9.55 Å². The van der Waals surface area contributed by atoms with Crippen LogP contribution in [0.1, 0.15) is 10.4 Å². The molecule has 2 N–H and O–H groups in total. The fraction of sp³-hybridized carbons (Fsp3) is 0.0588. The average Bonchev–Trinajstić information content (AvgIpc) is 2.95. The molecule has 0 amide bonds. The lowest BCUT2D eigenvalue weighted by molar-refractivity contribution is 0.0698. The van der Waals surface area contributed by atoms with Crippen molar-refractivity contribution in [1.29, 1.82) is 0 Å². The monoisotopic (exact) mass is 391 g/mol. The van der Waals surface area contributed by atoms with Crippen LogP contribution >= 0.6 is 11.6 Å². The first-order valence-electron chi connectivity index (χ1n) is 7.42. The minimum atomic E-state index is -4.08. The summed E-state index contributed by atoms with van der Waals surface area (Å²) in [7, 11) is -2.63. The van der Waals surface area contributed by atoms with Crippen molar-refractivity contribution in [2.75, 3.05) is 4.72 Å². The molecular formula is C17H14ClN3O4S. The molecule has 3 aromatic rings. The normalized spacial score (nSPS) is 11.3. The summed E-state index contributed by atoms with van der Waals surface area (Å²) in [5.41, 5.74) is 1.29. The van der Waals surface area contributed by atoms with Crippen LogP contribution in [0.25, 0.3) is 11.1 Å². The lowest BCUT2D eigenvalue weighted by atomic mass is 10.0. The predicted molar refractivity (Wildman–Crippen MR) is 97.9 cm³/mol. The third-order valence-corrected chi connectivity index (χ3v) is 5.54. The second-order valence-electron chi connectivity index (χ2n) is 5.46. The van der Waals surface area contributed by atoms with Crippen molar-refractivity contribution in [3.05, 3.63) is 65.6 Å². The van der Waals surface area contributed by atoms with Crippen molar-refractivity contribution >= 4 is 33.3 Å². The predicted octanol–water partition coefficient (Wildman–Crippen LogP) is 3.24. The van der Waals surface area contributed by atoms with Crippen LogP contribution in [-0.4, -0.2) is 29.0 Å². The third kappa shape index (κ3) is 3.42. The molecule has 0 spiro atoms. The Labute approximate surface area is 154 Å². The molecule has 0 fully saturated rings. The number of halogens is 1. The summed E-state index contributed by atoms with van der Waals surface area (Å²) in [5.74, 6) is -1.25. The van der Waals surface area contributed by atoms with Gasteiger partial charge in [-0.15, -0.1) is 0 Å². The highest BCUT2D eigenvalue weighted by atomic mass is 35.5. The van der Waals surface area contributed by atoms with Crippen LogP contribution in [0.15, 0.2) is 59.8 Å². The van der Waals surface area contributed by atoms with Gasteiger partial charge in [0.25, 0.3) is 10.0 Å². The van der Waals surface area contributed by atoms with Crippen molar-refractivity contribution in [3.8, 4) is 11.1 Å². The summed E-state index contributed by atoms with van der Waals surface area (Å²) in [5, 5.41) is 9.20. The molecule has 0 saturated heterocycles. The Kier molecular flexibility index (Phi) is 4.71. The van der Waals surface area contributed by atoms with Gasteiger partial charge in [0.15, 0.2) is 5.03 Å². The Morgan fingerprint density at radius 3 is 2.42 bits per heavy atom. The summed E-state index contributed by atoms with van der Waals surface area (Å²) in [6.07, 6.45) is 1.10. The number of nitrogens with zero attached hydrogens (tertiary/aromatic N) is 2. The number of nitrogens with one attached hydrogen (secondary N) is 1. The van der Waals surface area contributed by atoms with Gasteiger partial charge in [-0.3, -0.25) is 4.72 Å². The van der Waals surface area contributed by atoms with E-state index in [1.165, 1.54) is 23.7 Å². The van der Waals surface area contributed by atoms with E-state index >= 15 is 0 Å². The first kappa shape index (κ1) is 18.0. The van der Waals surface area contributed by atoms with Gasteiger partial charge in [-0.05, 0) is 34.9 Å². The summed E-state index contributed by atoms with van der Waals surface area (Å²) < 4.78 is 28.8. The number of carboxylic acid groups (broad SMARTS) is 1. The van der Waals surface area contributed by atoms with Crippen molar-refractivity contribution in [2.45, 2.75) is 5.03 Å². The molecule has 134 valence electrons. The van der Waals surface area contributed by atoms with Crippen LogP contribution < -0.4 is 4.72 Å². The van der Waals surface area contributed by atoms with Gasteiger partial charge in [-0.25, -0.2) is 9.78 Å². The lowest BCUT2D eigenvalue weighted by Crippen LogP contribution is -2.18. The molecule has 26 heavy (non-hydrogen) atoms. The highest BCUT2D eigenvalue weighted by Crippen LogP contribution is 2.28. The summed E-state index contributed by atoms with van der Waals surface area (Å²) >= 11 is 5.79. The lowest BCUT2D eigenvalue weighted by Gasteiger charge is -2.13. The van der Waals surface area contributed by atoms with E-state index in [2.05, 4.69) is 9.71 Å². The Balaban J connectivity index is 2.08. The van der Waals surface area contributed by atoms with Crippen molar-refractivity contribution in [2.24, 2.45) is 7.05 Å². The van der Waals surface area contributed by atoms with E-state index in [9.17, 15) is 18.3 Å². The van der Waals surface area contributed by atoms with Gasteiger partial charge < -0.3 is 9.67 Å². The van der Waals surface area contributed by atoms with E-state index in [1.54, 1.807) is 6.07 Å². The Morgan fingerprint density at radius 2 is 1.85 bits per heavy atom. The highest BCUT2D eigenvalue weighted by molar-refractivity contribution is 7.92. The second kappa shape index (κ2) is 6.81. The number of carbonyl (C=O) groups is 1. The number of aromatic nitrogens is 2. The molecule has 9 heteroatoms. The molecule has 3 rings (SSSR count). The van der Waals surface area contributed by atoms with Crippen LogP contribution in [0.2, 0.25) is 5.28 Å². The van der Waals surface area contributed by atoms with E-state index in [1.807, 2.05) is 30.3 Å². The highest BCUT2D eigenvalue weighted by Gasteiger charge is 2.23. The molecule has 1 aromatic heterocycles. The zero-order valence-corrected chi connectivity index (χ0v) is 15.1. The van der Waals surface area contributed by atoms with E-state index in [0.29, 0.717) is 5.56 Å². The molecule has 0 aliphatic carbocycles. The Morgan fingerprint density at radius 1 is 1.15 bits per heavy atom. The molecule has 7 nitrogen and oxygen atoms in total. The molecule has 0 atom stereocenters. The van der Waals surface area contributed by atoms with Gasteiger partial charge in [0.1, 0.15) is 0 Å². The first-order chi connectivity index (χ1) is 12.3. The van der Waals surface area contributed by atoms with Gasteiger partial charge in [0, 0.05) is 7.05 Å². The molecule has 0 bridgehead atoms. The molecule has 0 saturated carbocycles.